The molecule has 2 atom stereocenters. The van der Waals surface area contributed by atoms with Crippen molar-refractivity contribution in [1.82, 2.24) is 0 Å². The van der Waals surface area contributed by atoms with Gasteiger partial charge in [-0.25, -0.2) is 0 Å². The fourth-order valence-electron chi connectivity index (χ4n) is 2.66. The third-order valence-corrected chi connectivity index (χ3v) is 4.88. The minimum absolute atomic E-state index is 0.343. The Labute approximate surface area is 119 Å². The highest BCUT2D eigenvalue weighted by Crippen LogP contribution is 2.37. The lowest BCUT2D eigenvalue weighted by Gasteiger charge is -2.23. The van der Waals surface area contributed by atoms with Gasteiger partial charge in [-0.1, -0.05) is 12.5 Å². The second-order valence-electron chi connectivity index (χ2n) is 5.06. The number of benzene rings is 1. The van der Waals surface area contributed by atoms with Crippen LogP contribution in [0.15, 0.2) is 29.2 Å². The van der Waals surface area contributed by atoms with Crippen LogP contribution in [-0.4, -0.2) is 18.4 Å². The van der Waals surface area contributed by atoms with Gasteiger partial charge in [0.25, 0.3) is 0 Å². The van der Waals surface area contributed by atoms with E-state index in [0.717, 1.165) is 37.2 Å². The van der Waals surface area contributed by atoms with Crippen LogP contribution in [0.25, 0.3) is 0 Å². The van der Waals surface area contributed by atoms with E-state index in [-0.39, 0.29) is 0 Å². The number of ether oxygens (including phenoxy) is 1. The Morgan fingerprint density at radius 2 is 2.42 bits per heavy atom. The van der Waals surface area contributed by atoms with Gasteiger partial charge in [-0.15, -0.1) is 11.8 Å². The van der Waals surface area contributed by atoms with Gasteiger partial charge in [-0.05, 0) is 49.1 Å². The number of thioether (sulfide) groups is 1. The summed E-state index contributed by atoms with van der Waals surface area (Å²) in [5.41, 5.74) is 5.55. The van der Waals surface area contributed by atoms with Crippen LogP contribution in [-0.2, 0) is 0 Å². The molecule has 0 spiro atoms. The van der Waals surface area contributed by atoms with Gasteiger partial charge >= 0.3 is 0 Å². The largest absolute Gasteiger partial charge is 0.497 e. The summed E-state index contributed by atoms with van der Waals surface area (Å²) in [6, 6.07) is 10.4. The molecule has 1 aliphatic rings. The van der Waals surface area contributed by atoms with Crippen LogP contribution in [0.1, 0.15) is 25.7 Å². The van der Waals surface area contributed by atoms with Gasteiger partial charge in [0, 0.05) is 4.90 Å². The molecule has 0 bridgehead atoms. The van der Waals surface area contributed by atoms with Crippen molar-refractivity contribution in [2.75, 3.05) is 12.9 Å². The van der Waals surface area contributed by atoms with E-state index in [0.29, 0.717) is 5.92 Å². The van der Waals surface area contributed by atoms with Crippen molar-refractivity contribution in [3.8, 4) is 11.8 Å². The van der Waals surface area contributed by atoms with E-state index in [1.807, 2.05) is 18.2 Å². The summed E-state index contributed by atoms with van der Waals surface area (Å²) in [4.78, 5) is 1.21. The summed E-state index contributed by atoms with van der Waals surface area (Å²) in [5.74, 6) is 2.23. The summed E-state index contributed by atoms with van der Waals surface area (Å²) in [6.45, 7) is 0. The minimum atomic E-state index is -0.588. The zero-order chi connectivity index (χ0) is 13.7. The minimum Gasteiger partial charge on any atom is -0.497 e. The third-order valence-electron chi connectivity index (χ3n) is 3.86. The van der Waals surface area contributed by atoms with Crippen molar-refractivity contribution in [1.29, 1.82) is 5.26 Å². The number of nitrogens with two attached hydrogens (primary N) is 1. The summed E-state index contributed by atoms with van der Waals surface area (Å²) in [5, 5.41) is 9.18. The Hall–Kier alpha value is -1.18. The van der Waals surface area contributed by atoms with Gasteiger partial charge in [0.05, 0.1) is 13.2 Å². The van der Waals surface area contributed by atoms with E-state index in [2.05, 4.69) is 12.1 Å². The molecule has 19 heavy (non-hydrogen) atoms. The highest BCUT2D eigenvalue weighted by Gasteiger charge is 2.39. The first-order chi connectivity index (χ1) is 9.18. The molecule has 4 heteroatoms. The molecule has 102 valence electrons. The lowest BCUT2D eigenvalue weighted by Crippen LogP contribution is -2.41. The fraction of sp³-hybridized carbons (Fsp3) is 0.533. The first-order valence-corrected chi connectivity index (χ1v) is 7.63. The maximum atomic E-state index is 9.18. The highest BCUT2D eigenvalue weighted by atomic mass is 32.2. The van der Waals surface area contributed by atoms with Gasteiger partial charge in [0.1, 0.15) is 11.3 Å². The Morgan fingerprint density at radius 3 is 3.16 bits per heavy atom. The molecule has 3 nitrogen and oxygen atoms in total. The lowest BCUT2D eigenvalue weighted by atomic mass is 9.88. The standard InChI is InChI=1S/C15H20N2OS/c1-18-13-5-2-6-14(10-13)19-9-7-12-4-3-8-15(12,17)11-16/h2,5-6,10,12H,3-4,7-9,17H2,1H3. The molecule has 0 radical (unpaired) electrons. The molecule has 1 aromatic carbocycles. The predicted molar refractivity (Wildman–Crippen MR) is 78.2 cm³/mol. The lowest BCUT2D eigenvalue weighted by molar-refractivity contribution is 0.389. The van der Waals surface area contributed by atoms with Crippen LogP contribution < -0.4 is 10.5 Å². The summed E-state index contributed by atoms with van der Waals surface area (Å²) < 4.78 is 5.21. The maximum Gasteiger partial charge on any atom is 0.119 e. The molecule has 0 aromatic heterocycles. The number of nitriles is 1. The van der Waals surface area contributed by atoms with Gasteiger partial charge in [-0.3, -0.25) is 0 Å². The van der Waals surface area contributed by atoms with Gasteiger partial charge in [0.2, 0.25) is 0 Å². The number of rotatable bonds is 5. The second-order valence-corrected chi connectivity index (χ2v) is 6.23. The SMILES string of the molecule is COc1cccc(SCCC2CCCC2(N)C#N)c1. The molecule has 1 fully saturated rings. The zero-order valence-corrected chi connectivity index (χ0v) is 12.1. The highest BCUT2D eigenvalue weighted by molar-refractivity contribution is 7.99. The number of nitrogens with zero attached hydrogens (tertiary/aromatic N) is 1. The van der Waals surface area contributed by atoms with Crippen molar-refractivity contribution in [3.05, 3.63) is 24.3 Å². The number of hydrogen-bond donors (Lipinski definition) is 1. The van der Waals surface area contributed by atoms with Crippen LogP contribution in [0.3, 0.4) is 0 Å². The first kappa shape index (κ1) is 14.2. The first-order valence-electron chi connectivity index (χ1n) is 6.65. The van der Waals surface area contributed by atoms with Crippen molar-refractivity contribution < 1.29 is 4.74 Å². The molecule has 2 N–H and O–H groups in total. The van der Waals surface area contributed by atoms with E-state index in [1.165, 1.54) is 4.90 Å². The van der Waals surface area contributed by atoms with Crippen LogP contribution in [0.2, 0.25) is 0 Å². The number of methoxy groups -OCH3 is 1. The molecule has 0 heterocycles. The molecule has 2 rings (SSSR count). The fourth-order valence-corrected chi connectivity index (χ4v) is 3.67. The summed E-state index contributed by atoms with van der Waals surface area (Å²) >= 11 is 1.80. The van der Waals surface area contributed by atoms with Crippen molar-refractivity contribution in [2.24, 2.45) is 11.7 Å². The van der Waals surface area contributed by atoms with Crippen molar-refractivity contribution in [3.63, 3.8) is 0 Å². The van der Waals surface area contributed by atoms with E-state index in [9.17, 15) is 5.26 Å². The van der Waals surface area contributed by atoms with Crippen molar-refractivity contribution >= 4 is 11.8 Å². The average Bonchev–Trinajstić information content (AvgIpc) is 2.81. The van der Waals surface area contributed by atoms with E-state index < -0.39 is 5.54 Å². The van der Waals surface area contributed by atoms with Crippen LogP contribution >= 0.6 is 11.8 Å². The van der Waals surface area contributed by atoms with Crippen LogP contribution in [0.4, 0.5) is 0 Å². The van der Waals surface area contributed by atoms with Crippen molar-refractivity contribution in [2.45, 2.75) is 36.1 Å². The Morgan fingerprint density at radius 1 is 1.58 bits per heavy atom. The van der Waals surface area contributed by atoms with Gasteiger partial charge < -0.3 is 10.5 Å². The molecule has 1 aromatic rings. The van der Waals surface area contributed by atoms with E-state index in [1.54, 1.807) is 18.9 Å². The topological polar surface area (TPSA) is 59.0 Å². The molecular formula is C15H20N2OS. The molecule has 1 aliphatic carbocycles. The summed E-state index contributed by atoms with van der Waals surface area (Å²) in [7, 11) is 1.68. The predicted octanol–water partition coefficient (Wildman–Crippen LogP) is 3.20. The number of hydrogen-bond acceptors (Lipinski definition) is 4. The normalized spacial score (nSPS) is 26.1. The Bertz CT molecular complexity index is 471. The zero-order valence-electron chi connectivity index (χ0n) is 11.3. The quantitative estimate of drug-likeness (QED) is 0.839. The van der Waals surface area contributed by atoms with Crippen LogP contribution in [0, 0.1) is 17.2 Å². The Kier molecular flexibility index (Phi) is 4.73. The smallest absolute Gasteiger partial charge is 0.119 e. The average molecular weight is 276 g/mol. The van der Waals surface area contributed by atoms with Gasteiger partial charge in [0.15, 0.2) is 0 Å². The second kappa shape index (κ2) is 6.31. The summed E-state index contributed by atoms with van der Waals surface area (Å²) in [6.07, 6.45) is 4.02. The molecule has 0 aliphatic heterocycles. The Balaban J connectivity index is 1.85. The molecule has 2 unspecified atom stereocenters. The molecule has 0 amide bonds. The van der Waals surface area contributed by atoms with Gasteiger partial charge in [-0.2, -0.15) is 5.26 Å². The molecule has 1 saturated carbocycles. The van der Waals surface area contributed by atoms with E-state index >= 15 is 0 Å². The maximum absolute atomic E-state index is 9.18. The molecular weight excluding hydrogens is 256 g/mol. The monoisotopic (exact) mass is 276 g/mol. The van der Waals surface area contributed by atoms with E-state index in [4.69, 9.17) is 10.5 Å². The third kappa shape index (κ3) is 3.43. The van der Waals surface area contributed by atoms with Crippen LogP contribution in [0.5, 0.6) is 5.75 Å². The molecule has 0 saturated heterocycles.